The minimum absolute atomic E-state index is 0.472. The summed E-state index contributed by atoms with van der Waals surface area (Å²) in [5.74, 6) is -4.22. The Kier molecular flexibility index (Phi) is 9.99. The molecule has 1 rings (SSSR count). The van der Waals surface area contributed by atoms with E-state index < -0.39 is 83.8 Å². The zero-order valence-corrected chi connectivity index (χ0v) is 18.8. The van der Waals surface area contributed by atoms with Gasteiger partial charge in [-0.3, -0.25) is 28.2 Å². The Labute approximate surface area is 183 Å². The van der Waals surface area contributed by atoms with Gasteiger partial charge in [-0.25, -0.2) is 0 Å². The first-order valence-electron chi connectivity index (χ1n) is 9.14. The molecule has 5 atom stereocenters. The Bertz CT molecular complexity index is 839. The van der Waals surface area contributed by atoms with Crippen molar-refractivity contribution in [3.05, 3.63) is 0 Å². The predicted octanol–water partition coefficient (Wildman–Crippen LogP) is -1.84. The molecule has 1 aliphatic heterocycles. The molecule has 15 heteroatoms. The minimum atomic E-state index is -3.96. The van der Waals surface area contributed by atoms with Gasteiger partial charge in [-0.2, -0.15) is 8.42 Å². The van der Waals surface area contributed by atoms with Crippen LogP contribution in [0, 0.1) is 0 Å². The van der Waals surface area contributed by atoms with Gasteiger partial charge in [-0.05, 0) is 0 Å². The molecule has 1 saturated heterocycles. The van der Waals surface area contributed by atoms with Gasteiger partial charge in [-0.15, -0.1) is 0 Å². The van der Waals surface area contributed by atoms with Crippen LogP contribution >= 0.6 is 0 Å². The van der Waals surface area contributed by atoms with Crippen LogP contribution in [0.25, 0.3) is 0 Å². The molecule has 14 nitrogen and oxygen atoms in total. The number of rotatable bonds is 9. The van der Waals surface area contributed by atoms with Crippen LogP contribution in [-0.4, -0.2) is 88.3 Å². The molecule has 0 aromatic rings. The third-order valence-electron chi connectivity index (χ3n) is 3.72. The quantitative estimate of drug-likeness (QED) is 0.219. The Morgan fingerprint density at radius 3 is 1.84 bits per heavy atom. The van der Waals surface area contributed by atoms with Crippen molar-refractivity contribution < 1.29 is 60.3 Å². The maximum absolute atomic E-state index is 12.2. The van der Waals surface area contributed by atoms with Gasteiger partial charge < -0.3 is 29.0 Å². The maximum atomic E-state index is 12.2. The molecule has 1 aliphatic rings. The summed E-state index contributed by atoms with van der Waals surface area (Å²) in [5, 5.41) is 2.28. The third-order valence-corrected chi connectivity index (χ3v) is 4.26. The number of hydrogen-bond acceptors (Lipinski definition) is 13. The highest BCUT2D eigenvalue weighted by Crippen LogP contribution is 2.28. The summed E-state index contributed by atoms with van der Waals surface area (Å²) in [6.45, 7) is 2.83. The van der Waals surface area contributed by atoms with E-state index in [4.69, 9.17) is 23.7 Å². The fraction of sp³-hybridized carbons (Fsp3) is 0.706. The highest BCUT2D eigenvalue weighted by Gasteiger charge is 2.52. The van der Waals surface area contributed by atoms with Crippen LogP contribution in [0.2, 0.25) is 0 Å². The second-order valence-electron chi connectivity index (χ2n) is 6.66. The van der Waals surface area contributed by atoms with E-state index in [2.05, 4.69) is 9.50 Å². The minimum Gasteiger partial charge on any atom is -0.463 e. The summed E-state index contributed by atoms with van der Waals surface area (Å²) in [4.78, 5) is 58.4. The topological polar surface area (TPSA) is 187 Å². The van der Waals surface area contributed by atoms with Gasteiger partial charge in [-0.1, -0.05) is 0 Å². The molecular weight excluding hydrogens is 458 g/mol. The zero-order valence-electron chi connectivity index (χ0n) is 18.0. The number of amides is 1. The van der Waals surface area contributed by atoms with Crippen molar-refractivity contribution in [2.24, 2.45) is 0 Å². The summed E-state index contributed by atoms with van der Waals surface area (Å²) >= 11 is 0. The van der Waals surface area contributed by atoms with Gasteiger partial charge in [0.25, 0.3) is 10.1 Å². The van der Waals surface area contributed by atoms with E-state index >= 15 is 0 Å². The molecule has 2 unspecified atom stereocenters. The first kappa shape index (κ1) is 27.3. The fourth-order valence-electron chi connectivity index (χ4n) is 2.71. The Hall–Kier alpha value is -2.78. The molecule has 1 N–H and O–H groups in total. The van der Waals surface area contributed by atoms with E-state index in [0.29, 0.717) is 0 Å². The molecular formula is C17H25NO13S. The van der Waals surface area contributed by atoms with Crippen LogP contribution in [0.3, 0.4) is 0 Å². The van der Waals surface area contributed by atoms with Crippen LogP contribution in [0.5, 0.6) is 0 Å². The SMILES string of the molecule is CC(=O)OCC1O[C@@H](OC(C)=O)C(NC(=O)COS(C)(=O)=O)[C@@H](OC(C)=O)[C@@H]1OC(C)=O. The van der Waals surface area contributed by atoms with Crippen molar-refractivity contribution >= 4 is 39.9 Å². The molecule has 0 saturated carbocycles. The number of carbonyl (C=O) groups is 5. The Balaban J connectivity index is 3.31. The number of ether oxygens (including phenoxy) is 5. The van der Waals surface area contributed by atoms with Crippen molar-refractivity contribution in [2.75, 3.05) is 19.5 Å². The average Bonchev–Trinajstić information content (AvgIpc) is 2.61. The number of nitrogens with one attached hydrogen (secondary N) is 1. The highest BCUT2D eigenvalue weighted by atomic mass is 32.2. The normalized spacial score (nSPS) is 25.2. The summed E-state index contributed by atoms with van der Waals surface area (Å²) in [7, 11) is -3.96. The van der Waals surface area contributed by atoms with Gasteiger partial charge in [0, 0.05) is 27.7 Å². The molecule has 0 aromatic heterocycles. The molecule has 0 aliphatic carbocycles. The monoisotopic (exact) mass is 483 g/mol. The molecule has 0 radical (unpaired) electrons. The molecule has 182 valence electrons. The molecule has 1 fully saturated rings. The number of esters is 4. The Morgan fingerprint density at radius 2 is 1.38 bits per heavy atom. The van der Waals surface area contributed by atoms with E-state index in [1.54, 1.807) is 0 Å². The van der Waals surface area contributed by atoms with Crippen LogP contribution in [0.15, 0.2) is 0 Å². The zero-order chi connectivity index (χ0) is 24.6. The standard InChI is InChI=1S/C17H25NO13S/c1-8(19)26-6-12-15(28-9(2)20)16(29-10(3)21)14(17(31-12)30-11(4)22)18-13(23)7-27-32(5,24)25/h12,14-17H,6-7H2,1-5H3,(H,18,23)/t12?,14?,15-,16-,17-/m1/s1. The summed E-state index contributed by atoms with van der Waals surface area (Å²) in [6, 6.07) is -1.45. The summed E-state index contributed by atoms with van der Waals surface area (Å²) in [5.41, 5.74) is 0. The van der Waals surface area contributed by atoms with Crippen LogP contribution in [0.1, 0.15) is 27.7 Å². The van der Waals surface area contributed by atoms with Gasteiger partial charge in [0.05, 0.1) is 6.26 Å². The largest absolute Gasteiger partial charge is 0.463 e. The Morgan fingerprint density at radius 1 is 0.844 bits per heavy atom. The lowest BCUT2D eigenvalue weighted by atomic mass is 9.96. The van der Waals surface area contributed by atoms with Crippen molar-refractivity contribution in [2.45, 2.75) is 58.3 Å². The first-order valence-corrected chi connectivity index (χ1v) is 11.0. The van der Waals surface area contributed by atoms with Gasteiger partial charge in [0.1, 0.15) is 25.4 Å². The second-order valence-corrected chi connectivity index (χ2v) is 8.31. The molecule has 1 heterocycles. The summed E-state index contributed by atoms with van der Waals surface area (Å²) < 4.78 is 52.5. The molecule has 0 spiro atoms. The first-order chi connectivity index (χ1) is 14.7. The highest BCUT2D eigenvalue weighted by molar-refractivity contribution is 7.86. The van der Waals surface area contributed by atoms with Crippen LogP contribution in [-0.2, 0) is 62.0 Å². The molecule has 32 heavy (non-hydrogen) atoms. The van der Waals surface area contributed by atoms with Crippen molar-refractivity contribution in [1.29, 1.82) is 0 Å². The van der Waals surface area contributed by atoms with E-state index in [9.17, 15) is 32.4 Å². The molecule has 1 amide bonds. The van der Waals surface area contributed by atoms with Gasteiger partial charge in [0.2, 0.25) is 12.2 Å². The second kappa shape index (κ2) is 11.7. The van der Waals surface area contributed by atoms with Crippen LogP contribution in [0.4, 0.5) is 0 Å². The predicted molar refractivity (Wildman–Crippen MR) is 101 cm³/mol. The van der Waals surface area contributed by atoms with E-state index in [0.717, 1.165) is 34.0 Å². The van der Waals surface area contributed by atoms with E-state index in [1.807, 2.05) is 0 Å². The summed E-state index contributed by atoms with van der Waals surface area (Å²) in [6.07, 6.45) is -4.99. The van der Waals surface area contributed by atoms with Gasteiger partial charge in [0.15, 0.2) is 12.2 Å². The number of carbonyl (C=O) groups excluding carboxylic acids is 5. The lowest BCUT2D eigenvalue weighted by Gasteiger charge is -2.44. The van der Waals surface area contributed by atoms with Crippen molar-refractivity contribution in [1.82, 2.24) is 5.32 Å². The average molecular weight is 483 g/mol. The van der Waals surface area contributed by atoms with Crippen LogP contribution < -0.4 is 5.32 Å². The van der Waals surface area contributed by atoms with Crippen molar-refractivity contribution in [3.8, 4) is 0 Å². The lowest BCUT2D eigenvalue weighted by molar-refractivity contribution is -0.271. The maximum Gasteiger partial charge on any atom is 0.305 e. The molecule has 0 bridgehead atoms. The lowest BCUT2D eigenvalue weighted by Crippen LogP contribution is -2.67. The van der Waals surface area contributed by atoms with Gasteiger partial charge >= 0.3 is 23.9 Å². The third kappa shape index (κ3) is 9.57. The van der Waals surface area contributed by atoms with E-state index in [-0.39, 0.29) is 0 Å². The van der Waals surface area contributed by atoms with Crippen molar-refractivity contribution in [3.63, 3.8) is 0 Å². The number of hydrogen-bond donors (Lipinski definition) is 1. The molecule has 0 aromatic carbocycles. The fourth-order valence-corrected chi connectivity index (χ4v) is 3.03. The smallest absolute Gasteiger partial charge is 0.305 e. The van der Waals surface area contributed by atoms with E-state index in [1.165, 1.54) is 0 Å².